The molecule has 0 radical (unpaired) electrons. The molecule has 0 N–H and O–H groups in total. The number of hydrogen-bond acceptors (Lipinski definition) is 5. The predicted molar refractivity (Wildman–Crippen MR) is 148 cm³/mol. The highest BCUT2D eigenvalue weighted by molar-refractivity contribution is 6.00. The van der Waals surface area contributed by atoms with Crippen molar-refractivity contribution in [3.63, 3.8) is 0 Å². The SMILES string of the molecule is C=C(/C=C\C(CC)=Nc1ncc(/C=C(\C)C(=O)C(C)CC)c(C(=C)C2CCCC2)n1)C(=CC)OC. The Morgan fingerprint density at radius 2 is 1.94 bits per heavy atom. The van der Waals surface area contributed by atoms with Crippen LogP contribution in [0.4, 0.5) is 5.95 Å². The van der Waals surface area contributed by atoms with Crippen LogP contribution in [-0.2, 0) is 9.53 Å². The molecule has 1 atom stereocenters. The van der Waals surface area contributed by atoms with Crippen LogP contribution >= 0.6 is 0 Å². The number of nitrogens with zero attached hydrogens (tertiary/aromatic N) is 3. The second-order valence-electron chi connectivity index (χ2n) is 9.15. The van der Waals surface area contributed by atoms with E-state index < -0.39 is 0 Å². The molecule has 1 aromatic rings. The Morgan fingerprint density at radius 3 is 2.51 bits per heavy atom. The van der Waals surface area contributed by atoms with Crippen LogP contribution in [0.3, 0.4) is 0 Å². The van der Waals surface area contributed by atoms with Crippen molar-refractivity contribution >= 4 is 29.1 Å². The van der Waals surface area contributed by atoms with Crippen molar-refractivity contribution < 1.29 is 9.53 Å². The molecule has 0 amide bonds. The lowest BCUT2D eigenvalue weighted by Gasteiger charge is -2.16. The Bertz CT molecular complexity index is 1050. The summed E-state index contributed by atoms with van der Waals surface area (Å²) in [5, 5.41) is 0. The summed E-state index contributed by atoms with van der Waals surface area (Å²) in [4.78, 5) is 26.8. The Kier molecular flexibility index (Phi) is 11.0. The lowest BCUT2D eigenvalue weighted by atomic mass is 9.92. The van der Waals surface area contributed by atoms with Crippen LogP contribution < -0.4 is 0 Å². The summed E-state index contributed by atoms with van der Waals surface area (Å²) in [5.41, 5.74) is 4.96. The zero-order chi connectivity index (χ0) is 26.0. The molecule has 0 aliphatic heterocycles. The van der Waals surface area contributed by atoms with Gasteiger partial charge in [-0.1, -0.05) is 52.8 Å². The van der Waals surface area contributed by atoms with Crippen LogP contribution in [0.25, 0.3) is 11.6 Å². The van der Waals surface area contributed by atoms with Crippen molar-refractivity contribution in [3.05, 3.63) is 65.7 Å². The first-order valence-corrected chi connectivity index (χ1v) is 12.7. The van der Waals surface area contributed by atoms with Crippen LogP contribution in [0.1, 0.15) is 84.4 Å². The standard InChI is InChI=1S/C30H41N3O2/c1-9-20(4)29(34)22(6)18-25-19-31-30(33-28(25)23(7)24-14-12-13-15-24)32-26(10-2)17-16-21(5)27(11-3)35-8/h11,16-20,24H,5,7,9-10,12-15H2,1-4,6,8H3/b17-16-,22-18+,27-11?,32-26?. The molecule has 5 nitrogen and oxygen atoms in total. The third-order valence-corrected chi connectivity index (χ3v) is 6.66. The van der Waals surface area contributed by atoms with Gasteiger partial charge in [0.05, 0.1) is 12.8 Å². The van der Waals surface area contributed by atoms with Crippen LogP contribution in [-0.4, -0.2) is 28.6 Å². The molecule has 35 heavy (non-hydrogen) atoms. The zero-order valence-corrected chi connectivity index (χ0v) is 22.4. The number of carbonyl (C=O) groups is 1. The predicted octanol–water partition coefficient (Wildman–Crippen LogP) is 7.84. The summed E-state index contributed by atoms with van der Waals surface area (Å²) in [5.74, 6) is 1.67. The number of methoxy groups -OCH3 is 1. The van der Waals surface area contributed by atoms with Crippen molar-refractivity contribution in [1.82, 2.24) is 9.97 Å². The van der Waals surface area contributed by atoms with Gasteiger partial charge in [0, 0.05) is 29.0 Å². The molecule has 1 aliphatic rings. The summed E-state index contributed by atoms with van der Waals surface area (Å²) >= 11 is 0. The number of carbonyl (C=O) groups excluding carboxylic acids is 1. The molecular formula is C30H41N3O2. The average molecular weight is 476 g/mol. The minimum atomic E-state index is -0.00708. The van der Waals surface area contributed by atoms with E-state index in [-0.39, 0.29) is 11.7 Å². The van der Waals surface area contributed by atoms with Gasteiger partial charge in [-0.2, -0.15) is 0 Å². The Morgan fingerprint density at radius 1 is 1.26 bits per heavy atom. The fourth-order valence-corrected chi connectivity index (χ4v) is 4.22. The fraction of sp³-hybridized carbons (Fsp3) is 0.467. The summed E-state index contributed by atoms with van der Waals surface area (Å²) in [6.07, 6.45) is 15.5. The van der Waals surface area contributed by atoms with Crippen LogP contribution in [0.2, 0.25) is 0 Å². The molecule has 1 aromatic heterocycles. The van der Waals surface area contributed by atoms with E-state index in [1.165, 1.54) is 12.8 Å². The van der Waals surface area contributed by atoms with E-state index in [1.54, 1.807) is 13.3 Å². The van der Waals surface area contributed by atoms with Crippen LogP contribution in [0.5, 0.6) is 0 Å². The van der Waals surface area contributed by atoms with E-state index in [0.717, 1.165) is 53.1 Å². The molecule has 5 heteroatoms. The largest absolute Gasteiger partial charge is 0.497 e. The van der Waals surface area contributed by atoms with Crippen LogP contribution in [0.15, 0.2) is 59.5 Å². The van der Waals surface area contributed by atoms with Gasteiger partial charge in [0.2, 0.25) is 5.95 Å². The first-order valence-electron chi connectivity index (χ1n) is 12.7. The smallest absolute Gasteiger partial charge is 0.250 e. The molecule has 0 spiro atoms. The topological polar surface area (TPSA) is 64.4 Å². The fourth-order valence-electron chi connectivity index (χ4n) is 4.22. The summed E-state index contributed by atoms with van der Waals surface area (Å²) < 4.78 is 5.33. The Balaban J connectivity index is 2.46. The first kappa shape index (κ1) is 28.2. The van der Waals surface area contributed by atoms with Crippen molar-refractivity contribution in [2.24, 2.45) is 16.8 Å². The maximum Gasteiger partial charge on any atom is 0.250 e. The number of Topliss-reactive ketones (excluding diaryl/α,β-unsaturated/α-hetero) is 1. The van der Waals surface area contributed by atoms with Crippen molar-refractivity contribution in [3.8, 4) is 0 Å². The number of rotatable bonds is 12. The molecule has 1 heterocycles. The van der Waals surface area contributed by atoms with Gasteiger partial charge in [0.1, 0.15) is 5.76 Å². The van der Waals surface area contributed by atoms with Gasteiger partial charge in [0.25, 0.3) is 0 Å². The number of ether oxygens (including phenoxy) is 1. The lowest BCUT2D eigenvalue weighted by molar-refractivity contribution is -0.118. The molecule has 1 aliphatic carbocycles. The molecule has 0 bridgehead atoms. The Labute approximate surface area is 211 Å². The molecule has 2 rings (SSSR count). The number of aliphatic imine (C=N–C) groups is 1. The zero-order valence-electron chi connectivity index (χ0n) is 22.4. The molecule has 1 unspecified atom stereocenters. The summed E-state index contributed by atoms with van der Waals surface area (Å²) in [6, 6.07) is 0. The minimum absolute atomic E-state index is 0.00708. The highest BCUT2D eigenvalue weighted by Gasteiger charge is 2.23. The average Bonchev–Trinajstić information content (AvgIpc) is 3.41. The van der Waals surface area contributed by atoms with Crippen molar-refractivity contribution in [2.75, 3.05) is 7.11 Å². The van der Waals surface area contributed by atoms with E-state index in [0.29, 0.717) is 23.9 Å². The molecule has 0 aromatic carbocycles. The maximum absolute atomic E-state index is 12.7. The Hall–Kier alpha value is -3.08. The van der Waals surface area contributed by atoms with Crippen molar-refractivity contribution in [1.29, 1.82) is 0 Å². The number of ketones is 1. The van der Waals surface area contributed by atoms with Gasteiger partial charge in [-0.25, -0.2) is 15.0 Å². The number of hydrogen-bond donors (Lipinski definition) is 0. The lowest BCUT2D eigenvalue weighted by Crippen LogP contribution is -2.11. The number of allylic oxidation sites excluding steroid dienone is 5. The molecule has 1 fully saturated rings. The quantitative estimate of drug-likeness (QED) is 0.134. The van der Waals surface area contributed by atoms with Gasteiger partial charge < -0.3 is 4.74 Å². The van der Waals surface area contributed by atoms with Crippen molar-refractivity contribution in [2.45, 2.75) is 73.1 Å². The first-order chi connectivity index (χ1) is 16.7. The van der Waals surface area contributed by atoms with E-state index in [1.807, 2.05) is 58.9 Å². The normalized spacial score (nSPS) is 16.6. The van der Waals surface area contributed by atoms with Gasteiger partial charge in [-0.05, 0) is 74.8 Å². The summed E-state index contributed by atoms with van der Waals surface area (Å²) in [6.45, 7) is 18.3. The van der Waals surface area contributed by atoms with Gasteiger partial charge in [-0.3, -0.25) is 4.79 Å². The minimum Gasteiger partial charge on any atom is -0.497 e. The van der Waals surface area contributed by atoms with E-state index in [9.17, 15) is 4.79 Å². The maximum atomic E-state index is 12.7. The van der Waals surface area contributed by atoms with Gasteiger partial charge >= 0.3 is 0 Å². The summed E-state index contributed by atoms with van der Waals surface area (Å²) in [7, 11) is 1.63. The van der Waals surface area contributed by atoms with E-state index in [2.05, 4.69) is 18.1 Å². The van der Waals surface area contributed by atoms with Gasteiger partial charge in [0.15, 0.2) is 5.78 Å². The van der Waals surface area contributed by atoms with Gasteiger partial charge in [-0.15, -0.1) is 0 Å². The number of aromatic nitrogens is 2. The third-order valence-electron chi connectivity index (χ3n) is 6.66. The van der Waals surface area contributed by atoms with E-state index in [4.69, 9.17) is 14.7 Å². The monoisotopic (exact) mass is 475 g/mol. The third kappa shape index (κ3) is 7.71. The highest BCUT2D eigenvalue weighted by atomic mass is 16.5. The molecule has 1 saturated carbocycles. The molecule has 188 valence electrons. The second kappa shape index (κ2) is 13.7. The second-order valence-corrected chi connectivity index (χ2v) is 9.15. The molecule has 0 saturated heterocycles. The van der Waals surface area contributed by atoms with Crippen LogP contribution in [0, 0.1) is 11.8 Å². The molecular weight excluding hydrogens is 434 g/mol. The highest BCUT2D eigenvalue weighted by Crippen LogP contribution is 2.36. The van der Waals surface area contributed by atoms with E-state index >= 15 is 0 Å².